The lowest BCUT2D eigenvalue weighted by Crippen LogP contribution is -2.23. The highest BCUT2D eigenvalue weighted by molar-refractivity contribution is 5.81. The molecule has 3 heterocycles. The van der Waals surface area contributed by atoms with Crippen molar-refractivity contribution in [3.05, 3.63) is 36.9 Å². The topological polar surface area (TPSA) is 79.0 Å². The largest absolute Gasteiger partial charge is 0.495 e. The number of anilines is 2. The van der Waals surface area contributed by atoms with E-state index in [-0.39, 0.29) is 0 Å². The zero-order valence-electron chi connectivity index (χ0n) is 13.6. The summed E-state index contributed by atoms with van der Waals surface area (Å²) in [4.78, 5) is 18.1. The molecule has 2 N–H and O–H groups in total. The smallest absolute Gasteiger partial charge is 0.182 e. The lowest BCUT2D eigenvalue weighted by atomic mass is 10.1. The van der Waals surface area contributed by atoms with E-state index in [0.29, 0.717) is 11.6 Å². The number of aromatic amines is 1. The number of fused-ring (bicyclic) bond motifs is 1. The predicted molar refractivity (Wildman–Crippen MR) is 93.5 cm³/mol. The molecule has 1 saturated heterocycles. The summed E-state index contributed by atoms with van der Waals surface area (Å²) >= 11 is 0. The summed E-state index contributed by atoms with van der Waals surface area (Å²) in [5.74, 6) is 2.30. The molecule has 1 atom stereocenters. The first-order valence-corrected chi connectivity index (χ1v) is 8.11. The average molecular weight is 324 g/mol. The first kappa shape index (κ1) is 14.7. The van der Waals surface area contributed by atoms with Gasteiger partial charge in [0.2, 0.25) is 0 Å². The highest BCUT2D eigenvalue weighted by Gasteiger charge is 2.24. The van der Waals surface area contributed by atoms with Crippen LogP contribution in [0.2, 0.25) is 0 Å². The molecule has 1 fully saturated rings. The Bertz CT molecular complexity index is 833. The van der Waals surface area contributed by atoms with Crippen LogP contribution in [-0.2, 0) is 0 Å². The normalized spacial score (nSPS) is 17.4. The number of ether oxygens (including phenoxy) is 1. The molecule has 7 heteroatoms. The molecule has 7 nitrogen and oxygen atoms in total. The monoisotopic (exact) mass is 324 g/mol. The Balaban J connectivity index is 1.42. The minimum atomic E-state index is 0.558. The van der Waals surface area contributed by atoms with Gasteiger partial charge < -0.3 is 19.9 Å². The summed E-state index contributed by atoms with van der Waals surface area (Å²) < 4.78 is 5.48. The molecule has 0 amide bonds. The maximum atomic E-state index is 5.48. The standard InChI is InChI=1S/C17H20N6O/c1-24-14-5-3-2-4-13(14)23-7-6-12(9-23)8-18-16-15-17(20-10-19-15)22-11-21-16/h2-5,10-12H,6-9H2,1H3,(H2,18,19,20,21,22)/t12-/m1/s1. The Morgan fingerprint density at radius 1 is 1.29 bits per heavy atom. The quantitative estimate of drug-likeness (QED) is 0.750. The number of hydrogen-bond donors (Lipinski definition) is 2. The van der Waals surface area contributed by atoms with Crippen LogP contribution < -0.4 is 15.0 Å². The molecule has 3 aromatic rings. The van der Waals surface area contributed by atoms with Crippen molar-refractivity contribution in [2.24, 2.45) is 5.92 Å². The summed E-state index contributed by atoms with van der Waals surface area (Å²) in [7, 11) is 1.72. The van der Waals surface area contributed by atoms with Gasteiger partial charge in [0, 0.05) is 19.6 Å². The van der Waals surface area contributed by atoms with Gasteiger partial charge in [0.15, 0.2) is 11.5 Å². The zero-order valence-corrected chi connectivity index (χ0v) is 13.6. The highest BCUT2D eigenvalue weighted by Crippen LogP contribution is 2.32. The Hall–Kier alpha value is -2.83. The van der Waals surface area contributed by atoms with Crippen molar-refractivity contribution in [2.45, 2.75) is 6.42 Å². The Labute approximate surface area is 140 Å². The van der Waals surface area contributed by atoms with E-state index in [1.165, 1.54) is 5.69 Å². The van der Waals surface area contributed by atoms with E-state index < -0.39 is 0 Å². The van der Waals surface area contributed by atoms with Crippen LogP contribution >= 0.6 is 0 Å². The summed E-state index contributed by atoms with van der Waals surface area (Å²) in [6.45, 7) is 2.91. The van der Waals surface area contributed by atoms with Crippen molar-refractivity contribution in [3.63, 3.8) is 0 Å². The van der Waals surface area contributed by atoms with Crippen molar-refractivity contribution in [1.82, 2.24) is 19.9 Å². The highest BCUT2D eigenvalue weighted by atomic mass is 16.5. The van der Waals surface area contributed by atoms with Crippen LogP contribution in [0.3, 0.4) is 0 Å². The number of nitrogens with zero attached hydrogens (tertiary/aromatic N) is 4. The molecule has 0 saturated carbocycles. The van der Waals surface area contributed by atoms with Gasteiger partial charge in [-0.05, 0) is 24.5 Å². The second-order valence-electron chi connectivity index (χ2n) is 5.98. The molecule has 0 unspecified atom stereocenters. The molecule has 0 aliphatic carbocycles. The number of para-hydroxylation sites is 2. The molecule has 1 aliphatic heterocycles. The van der Waals surface area contributed by atoms with Gasteiger partial charge in [-0.25, -0.2) is 15.0 Å². The Morgan fingerprint density at radius 2 is 2.21 bits per heavy atom. The van der Waals surface area contributed by atoms with E-state index in [1.807, 2.05) is 12.1 Å². The number of imidazole rings is 1. The number of methoxy groups -OCH3 is 1. The molecule has 24 heavy (non-hydrogen) atoms. The zero-order chi connectivity index (χ0) is 16.4. The van der Waals surface area contributed by atoms with Crippen LogP contribution in [0.25, 0.3) is 11.2 Å². The fourth-order valence-corrected chi connectivity index (χ4v) is 3.25. The van der Waals surface area contributed by atoms with E-state index >= 15 is 0 Å². The minimum absolute atomic E-state index is 0.558. The fraction of sp³-hybridized carbons (Fsp3) is 0.353. The second kappa shape index (κ2) is 6.35. The van der Waals surface area contributed by atoms with E-state index in [4.69, 9.17) is 4.74 Å². The van der Waals surface area contributed by atoms with Crippen molar-refractivity contribution in [2.75, 3.05) is 37.0 Å². The van der Waals surface area contributed by atoms with Gasteiger partial charge in [-0.3, -0.25) is 0 Å². The molecular weight excluding hydrogens is 304 g/mol. The van der Waals surface area contributed by atoms with E-state index in [9.17, 15) is 0 Å². The van der Waals surface area contributed by atoms with Crippen molar-refractivity contribution in [1.29, 1.82) is 0 Å². The number of aromatic nitrogens is 4. The molecule has 2 aromatic heterocycles. The maximum Gasteiger partial charge on any atom is 0.182 e. The molecule has 1 aromatic carbocycles. The van der Waals surface area contributed by atoms with E-state index in [2.05, 4.69) is 42.3 Å². The number of nitrogens with one attached hydrogen (secondary N) is 2. The Kier molecular flexibility index (Phi) is 3.90. The Morgan fingerprint density at radius 3 is 3.12 bits per heavy atom. The summed E-state index contributed by atoms with van der Waals surface area (Å²) in [5, 5.41) is 3.44. The van der Waals surface area contributed by atoms with E-state index in [1.54, 1.807) is 19.8 Å². The van der Waals surface area contributed by atoms with E-state index in [0.717, 1.165) is 43.1 Å². The minimum Gasteiger partial charge on any atom is -0.495 e. The molecule has 0 bridgehead atoms. The number of hydrogen-bond acceptors (Lipinski definition) is 6. The van der Waals surface area contributed by atoms with Crippen molar-refractivity contribution in [3.8, 4) is 5.75 Å². The lowest BCUT2D eigenvalue weighted by Gasteiger charge is -2.21. The molecule has 0 spiro atoms. The average Bonchev–Trinajstić information content (AvgIpc) is 3.29. The van der Waals surface area contributed by atoms with Gasteiger partial charge in [-0.1, -0.05) is 12.1 Å². The first-order valence-electron chi connectivity index (χ1n) is 8.11. The molecule has 0 radical (unpaired) electrons. The molecular formula is C17H20N6O. The van der Waals surface area contributed by atoms with Gasteiger partial charge in [0.05, 0.1) is 19.1 Å². The second-order valence-corrected chi connectivity index (χ2v) is 5.98. The summed E-state index contributed by atoms with van der Waals surface area (Å²) in [6.07, 6.45) is 4.33. The fourth-order valence-electron chi connectivity index (χ4n) is 3.25. The number of benzene rings is 1. The summed E-state index contributed by atoms with van der Waals surface area (Å²) in [5.41, 5.74) is 2.71. The lowest BCUT2D eigenvalue weighted by molar-refractivity contribution is 0.414. The number of H-pyrrole nitrogens is 1. The molecule has 4 rings (SSSR count). The maximum absolute atomic E-state index is 5.48. The third-order valence-electron chi connectivity index (χ3n) is 4.49. The van der Waals surface area contributed by atoms with Crippen LogP contribution in [0.4, 0.5) is 11.5 Å². The van der Waals surface area contributed by atoms with Crippen LogP contribution in [0.15, 0.2) is 36.9 Å². The summed E-state index contributed by atoms with van der Waals surface area (Å²) in [6, 6.07) is 8.19. The van der Waals surface area contributed by atoms with Gasteiger partial charge >= 0.3 is 0 Å². The SMILES string of the molecule is COc1ccccc1N1CC[C@H](CNc2ncnc3nc[nH]c23)C1. The van der Waals surface area contributed by atoms with Crippen LogP contribution in [0, 0.1) is 5.92 Å². The van der Waals surface area contributed by atoms with Gasteiger partial charge in [-0.15, -0.1) is 0 Å². The predicted octanol–water partition coefficient (Wildman–Crippen LogP) is 2.30. The molecule has 1 aliphatic rings. The van der Waals surface area contributed by atoms with Crippen molar-refractivity contribution < 1.29 is 4.74 Å². The number of rotatable bonds is 5. The molecule has 124 valence electrons. The van der Waals surface area contributed by atoms with Crippen LogP contribution in [-0.4, -0.2) is 46.7 Å². The first-order chi connectivity index (χ1) is 11.8. The third kappa shape index (κ3) is 2.73. The van der Waals surface area contributed by atoms with Crippen LogP contribution in [0.1, 0.15) is 6.42 Å². The van der Waals surface area contributed by atoms with Crippen LogP contribution in [0.5, 0.6) is 5.75 Å². The van der Waals surface area contributed by atoms with Crippen molar-refractivity contribution >= 4 is 22.7 Å². The van der Waals surface area contributed by atoms with Gasteiger partial charge in [0.1, 0.15) is 17.6 Å². The third-order valence-corrected chi connectivity index (χ3v) is 4.49. The van der Waals surface area contributed by atoms with Gasteiger partial charge in [0.25, 0.3) is 0 Å². The van der Waals surface area contributed by atoms with Gasteiger partial charge in [-0.2, -0.15) is 0 Å².